The standard InChI is InChI=1S/C14H17N5O2/c15-12-9-13(17-5-16-12)19(6-18-9)10-7-1-8-11(10)21-4-14(8,2-7)3-20/h5-8,10-11,20H,1-4H2,(H2,15,16,17)/t7-,8-,10-,11-,14-/m1/s1. The van der Waals surface area contributed by atoms with Crippen LogP contribution in [0.1, 0.15) is 18.9 Å². The second kappa shape index (κ2) is 3.72. The number of anilines is 1. The minimum absolute atomic E-state index is 0.00374. The number of rotatable bonds is 2. The number of nitrogens with two attached hydrogens (primary N) is 1. The molecule has 0 unspecified atom stereocenters. The van der Waals surface area contributed by atoms with Crippen LogP contribution in [0.15, 0.2) is 12.7 Å². The fraction of sp³-hybridized carbons (Fsp3) is 0.643. The van der Waals surface area contributed by atoms with Crippen LogP contribution in [0.4, 0.5) is 5.82 Å². The number of fused-ring (bicyclic) bond motifs is 2. The third kappa shape index (κ3) is 1.29. The van der Waals surface area contributed by atoms with Gasteiger partial charge in [0.2, 0.25) is 0 Å². The Hall–Kier alpha value is -1.73. The molecule has 1 aliphatic heterocycles. The number of ether oxygens (including phenoxy) is 1. The number of hydrogen-bond donors (Lipinski definition) is 2. The molecule has 2 bridgehead atoms. The zero-order valence-electron chi connectivity index (χ0n) is 11.5. The van der Waals surface area contributed by atoms with Crippen LogP contribution in [0.3, 0.4) is 0 Å². The molecule has 0 spiro atoms. The van der Waals surface area contributed by atoms with Crippen LogP contribution >= 0.6 is 0 Å². The lowest BCUT2D eigenvalue weighted by Gasteiger charge is -2.33. The number of imidazole rings is 1. The SMILES string of the molecule is Nc1ncnc2c1ncn2[C@@H]1[C@@H]2C[C@@H]3[C@H]1OC[C@]3(CO)C2. The van der Waals surface area contributed by atoms with Gasteiger partial charge in [-0.3, -0.25) is 0 Å². The van der Waals surface area contributed by atoms with Crippen molar-refractivity contribution < 1.29 is 9.84 Å². The van der Waals surface area contributed by atoms with E-state index in [9.17, 15) is 5.11 Å². The molecule has 3 N–H and O–H groups in total. The summed E-state index contributed by atoms with van der Waals surface area (Å²) < 4.78 is 8.16. The predicted molar refractivity (Wildman–Crippen MR) is 74.2 cm³/mol. The highest BCUT2D eigenvalue weighted by Crippen LogP contribution is 2.64. The highest BCUT2D eigenvalue weighted by Gasteiger charge is 2.65. The van der Waals surface area contributed by atoms with Crippen LogP contribution < -0.4 is 5.73 Å². The van der Waals surface area contributed by atoms with E-state index >= 15 is 0 Å². The molecule has 21 heavy (non-hydrogen) atoms. The zero-order valence-corrected chi connectivity index (χ0v) is 11.5. The van der Waals surface area contributed by atoms with Gasteiger partial charge in [0.25, 0.3) is 0 Å². The quantitative estimate of drug-likeness (QED) is 0.827. The molecule has 5 rings (SSSR count). The number of aromatic nitrogens is 4. The molecular formula is C14H17N5O2. The van der Waals surface area contributed by atoms with Crippen LogP contribution in [0.5, 0.6) is 0 Å². The third-order valence-electron chi connectivity index (χ3n) is 5.81. The van der Waals surface area contributed by atoms with Crippen LogP contribution in [0.25, 0.3) is 11.2 Å². The van der Waals surface area contributed by atoms with E-state index in [4.69, 9.17) is 10.5 Å². The Kier molecular flexibility index (Phi) is 2.10. The van der Waals surface area contributed by atoms with Crippen LogP contribution in [-0.2, 0) is 4.74 Å². The summed E-state index contributed by atoms with van der Waals surface area (Å²) in [7, 11) is 0. The first-order valence-corrected chi connectivity index (χ1v) is 7.39. The van der Waals surface area contributed by atoms with Gasteiger partial charge in [0.15, 0.2) is 11.5 Å². The molecule has 7 nitrogen and oxygen atoms in total. The first kappa shape index (κ1) is 11.9. The lowest BCUT2D eigenvalue weighted by Crippen LogP contribution is -2.37. The van der Waals surface area contributed by atoms with Gasteiger partial charge in [-0.25, -0.2) is 15.0 Å². The van der Waals surface area contributed by atoms with Crippen molar-refractivity contribution in [1.82, 2.24) is 19.5 Å². The summed E-state index contributed by atoms with van der Waals surface area (Å²) in [6.07, 6.45) is 5.59. The summed E-state index contributed by atoms with van der Waals surface area (Å²) in [6.45, 7) is 0.909. The Bertz CT molecular complexity index is 731. The van der Waals surface area contributed by atoms with Gasteiger partial charge in [0.05, 0.1) is 31.7 Å². The predicted octanol–water partition coefficient (Wildman–Crippen LogP) is 0.367. The molecule has 2 aromatic heterocycles. The highest BCUT2D eigenvalue weighted by molar-refractivity contribution is 5.81. The molecule has 2 saturated carbocycles. The molecule has 2 aliphatic carbocycles. The maximum atomic E-state index is 9.75. The Balaban J connectivity index is 1.62. The van der Waals surface area contributed by atoms with Crippen LogP contribution in [0, 0.1) is 17.3 Å². The summed E-state index contributed by atoms with van der Waals surface area (Å²) in [5, 5.41) is 9.75. The van der Waals surface area contributed by atoms with Crippen LogP contribution in [0.2, 0.25) is 0 Å². The summed E-state index contributed by atoms with van der Waals surface area (Å²) in [6, 6.07) is 0.247. The van der Waals surface area contributed by atoms with Crippen molar-refractivity contribution >= 4 is 17.0 Å². The van der Waals surface area contributed by atoms with E-state index in [0.717, 1.165) is 18.5 Å². The van der Waals surface area contributed by atoms with Crippen molar-refractivity contribution in [3.63, 3.8) is 0 Å². The maximum Gasteiger partial charge on any atom is 0.165 e. The monoisotopic (exact) mass is 287 g/mol. The molecule has 3 aliphatic rings. The molecule has 2 aromatic rings. The van der Waals surface area contributed by atoms with Crippen molar-refractivity contribution in [3.05, 3.63) is 12.7 Å². The first-order valence-electron chi connectivity index (χ1n) is 7.39. The largest absolute Gasteiger partial charge is 0.396 e. The van der Waals surface area contributed by atoms with Crippen LogP contribution in [-0.4, -0.2) is 43.9 Å². The van der Waals surface area contributed by atoms with Crippen molar-refractivity contribution in [2.24, 2.45) is 17.3 Å². The van der Waals surface area contributed by atoms with E-state index < -0.39 is 0 Å². The lowest BCUT2D eigenvalue weighted by molar-refractivity contribution is 0.0656. The molecule has 0 radical (unpaired) electrons. The molecular weight excluding hydrogens is 270 g/mol. The second-order valence-electron chi connectivity index (χ2n) is 6.68. The smallest absolute Gasteiger partial charge is 0.165 e. The summed E-state index contributed by atoms with van der Waals surface area (Å²) in [5.41, 5.74) is 7.31. The first-order chi connectivity index (χ1) is 10.2. The van der Waals surface area contributed by atoms with Gasteiger partial charge in [0, 0.05) is 5.41 Å². The Morgan fingerprint density at radius 3 is 3.19 bits per heavy atom. The van der Waals surface area contributed by atoms with Gasteiger partial charge in [-0.1, -0.05) is 0 Å². The lowest BCUT2D eigenvalue weighted by atomic mass is 9.74. The van der Waals surface area contributed by atoms with E-state index in [1.165, 1.54) is 6.33 Å². The average Bonchev–Trinajstić information content (AvgIpc) is 3.18. The molecule has 5 atom stereocenters. The van der Waals surface area contributed by atoms with Gasteiger partial charge in [-0.15, -0.1) is 0 Å². The van der Waals surface area contributed by atoms with Crippen molar-refractivity contribution in [3.8, 4) is 0 Å². The highest BCUT2D eigenvalue weighted by atomic mass is 16.5. The summed E-state index contributed by atoms with van der Waals surface area (Å²) in [5.74, 6) is 1.39. The Morgan fingerprint density at radius 1 is 1.43 bits per heavy atom. The second-order valence-corrected chi connectivity index (χ2v) is 6.68. The molecule has 0 aromatic carbocycles. The maximum absolute atomic E-state index is 9.75. The van der Waals surface area contributed by atoms with Crippen molar-refractivity contribution in [2.45, 2.75) is 25.0 Å². The van der Waals surface area contributed by atoms with E-state index in [-0.39, 0.29) is 24.2 Å². The molecule has 7 heteroatoms. The van der Waals surface area contributed by atoms with E-state index in [1.54, 1.807) is 0 Å². The molecule has 3 heterocycles. The number of nitrogens with zero attached hydrogens (tertiary/aromatic N) is 4. The third-order valence-corrected chi connectivity index (χ3v) is 5.81. The minimum Gasteiger partial charge on any atom is -0.396 e. The van der Waals surface area contributed by atoms with Gasteiger partial charge >= 0.3 is 0 Å². The minimum atomic E-state index is -0.00374. The number of aliphatic hydroxyl groups is 1. The normalized spacial score (nSPS) is 40.4. The molecule has 3 fully saturated rings. The van der Waals surface area contributed by atoms with E-state index in [1.807, 2.05) is 6.33 Å². The average molecular weight is 287 g/mol. The number of hydrogen-bond acceptors (Lipinski definition) is 6. The molecule has 1 saturated heterocycles. The number of aliphatic hydroxyl groups excluding tert-OH is 1. The van der Waals surface area contributed by atoms with Gasteiger partial charge in [0.1, 0.15) is 11.8 Å². The zero-order chi connectivity index (χ0) is 14.2. The van der Waals surface area contributed by atoms with Gasteiger partial charge in [-0.2, -0.15) is 0 Å². The molecule has 0 amide bonds. The van der Waals surface area contributed by atoms with E-state index in [2.05, 4.69) is 19.5 Å². The topological polar surface area (TPSA) is 99.1 Å². The van der Waals surface area contributed by atoms with Gasteiger partial charge < -0.3 is 20.1 Å². The van der Waals surface area contributed by atoms with E-state index in [0.29, 0.717) is 29.8 Å². The van der Waals surface area contributed by atoms with Gasteiger partial charge in [-0.05, 0) is 24.7 Å². The van der Waals surface area contributed by atoms with Crippen molar-refractivity contribution in [1.29, 1.82) is 0 Å². The van der Waals surface area contributed by atoms with Crippen molar-refractivity contribution in [2.75, 3.05) is 18.9 Å². The summed E-state index contributed by atoms with van der Waals surface area (Å²) in [4.78, 5) is 12.7. The fourth-order valence-electron chi connectivity index (χ4n) is 4.93. The number of nitrogen functional groups attached to an aromatic ring is 1. The fourth-order valence-corrected chi connectivity index (χ4v) is 4.93. The Morgan fingerprint density at radius 2 is 2.33 bits per heavy atom. The summed E-state index contributed by atoms with van der Waals surface area (Å²) >= 11 is 0. The molecule has 110 valence electrons. The Labute approximate surface area is 121 Å².